The quantitative estimate of drug-likeness (QED) is 0.650. The van der Waals surface area contributed by atoms with Crippen molar-refractivity contribution < 1.29 is 4.79 Å². The van der Waals surface area contributed by atoms with E-state index >= 15 is 0 Å². The Hall–Kier alpha value is -1.12. The zero-order valence-corrected chi connectivity index (χ0v) is 8.99. The van der Waals surface area contributed by atoms with Gasteiger partial charge in [0.05, 0.1) is 12.1 Å². The topological polar surface area (TPSA) is 34.9 Å². The van der Waals surface area contributed by atoms with Gasteiger partial charge in [-0.2, -0.15) is 5.10 Å². The fourth-order valence-corrected chi connectivity index (χ4v) is 1.42. The van der Waals surface area contributed by atoms with Crippen molar-refractivity contribution in [1.29, 1.82) is 0 Å². The van der Waals surface area contributed by atoms with Crippen LogP contribution < -0.4 is 0 Å². The van der Waals surface area contributed by atoms with E-state index in [1.165, 1.54) is 0 Å². The zero-order chi connectivity index (χ0) is 10.4. The smallest absolute Gasteiger partial charge is 0.138 e. The molecule has 0 amide bonds. The molecule has 14 heavy (non-hydrogen) atoms. The maximum Gasteiger partial charge on any atom is 0.138 e. The van der Waals surface area contributed by atoms with E-state index in [2.05, 4.69) is 12.0 Å². The SMILES string of the molecule is CCCCCC(=O)Cc1ccn(C)n1. The highest BCUT2D eigenvalue weighted by Crippen LogP contribution is 2.04. The Labute approximate surface area is 85.1 Å². The van der Waals surface area contributed by atoms with Gasteiger partial charge in [-0.1, -0.05) is 19.8 Å². The first-order valence-corrected chi connectivity index (χ1v) is 5.22. The fourth-order valence-electron chi connectivity index (χ4n) is 1.42. The van der Waals surface area contributed by atoms with Crippen molar-refractivity contribution in [2.45, 2.75) is 39.0 Å². The summed E-state index contributed by atoms with van der Waals surface area (Å²) in [5.41, 5.74) is 0.883. The summed E-state index contributed by atoms with van der Waals surface area (Å²) in [6.07, 6.45) is 6.39. The number of carbonyl (C=O) groups is 1. The molecule has 1 aromatic rings. The third-order valence-corrected chi connectivity index (χ3v) is 2.21. The van der Waals surface area contributed by atoms with Crippen molar-refractivity contribution in [3.05, 3.63) is 18.0 Å². The summed E-state index contributed by atoms with van der Waals surface area (Å²) < 4.78 is 1.73. The lowest BCUT2D eigenvalue weighted by molar-refractivity contribution is -0.118. The molecule has 0 N–H and O–H groups in total. The molecule has 1 aromatic heterocycles. The maximum atomic E-state index is 11.4. The molecular weight excluding hydrogens is 176 g/mol. The monoisotopic (exact) mass is 194 g/mol. The van der Waals surface area contributed by atoms with E-state index < -0.39 is 0 Å². The summed E-state index contributed by atoms with van der Waals surface area (Å²) in [6.45, 7) is 2.14. The summed E-state index contributed by atoms with van der Waals surface area (Å²) in [4.78, 5) is 11.4. The lowest BCUT2D eigenvalue weighted by Crippen LogP contribution is -2.03. The number of carbonyl (C=O) groups excluding carboxylic acids is 1. The second kappa shape index (κ2) is 5.58. The van der Waals surface area contributed by atoms with Gasteiger partial charge in [-0.05, 0) is 12.5 Å². The lowest BCUT2D eigenvalue weighted by Gasteiger charge is -1.97. The first-order valence-electron chi connectivity index (χ1n) is 5.22. The van der Waals surface area contributed by atoms with Crippen molar-refractivity contribution in [1.82, 2.24) is 9.78 Å². The van der Waals surface area contributed by atoms with Gasteiger partial charge < -0.3 is 0 Å². The molecule has 0 aromatic carbocycles. The molecule has 0 fully saturated rings. The van der Waals surface area contributed by atoms with Crippen LogP contribution in [0.4, 0.5) is 0 Å². The Morgan fingerprint density at radius 1 is 1.50 bits per heavy atom. The lowest BCUT2D eigenvalue weighted by atomic mass is 10.1. The highest BCUT2D eigenvalue weighted by atomic mass is 16.1. The summed E-state index contributed by atoms with van der Waals surface area (Å²) in [6, 6.07) is 1.90. The number of nitrogens with zero attached hydrogens (tertiary/aromatic N) is 2. The first kappa shape index (κ1) is 11.0. The molecule has 0 aliphatic carbocycles. The molecule has 3 heteroatoms. The first-order chi connectivity index (χ1) is 6.72. The molecule has 78 valence electrons. The summed E-state index contributed by atoms with van der Waals surface area (Å²) in [5.74, 6) is 0.303. The van der Waals surface area contributed by atoms with Gasteiger partial charge in [0, 0.05) is 19.7 Å². The number of Topliss-reactive ketones (excluding diaryl/α,β-unsaturated/α-hetero) is 1. The largest absolute Gasteiger partial charge is 0.299 e. The van der Waals surface area contributed by atoms with Gasteiger partial charge in [-0.3, -0.25) is 9.48 Å². The van der Waals surface area contributed by atoms with Gasteiger partial charge in [0.25, 0.3) is 0 Å². The van der Waals surface area contributed by atoms with Crippen molar-refractivity contribution in [2.24, 2.45) is 7.05 Å². The summed E-state index contributed by atoms with van der Waals surface area (Å²) >= 11 is 0. The van der Waals surface area contributed by atoms with Crippen LogP contribution in [0.25, 0.3) is 0 Å². The van der Waals surface area contributed by atoms with Crippen molar-refractivity contribution in [2.75, 3.05) is 0 Å². The third-order valence-electron chi connectivity index (χ3n) is 2.21. The molecule has 0 spiro atoms. The molecular formula is C11H18N2O. The molecule has 0 radical (unpaired) electrons. The van der Waals surface area contributed by atoms with Crippen LogP contribution in [-0.4, -0.2) is 15.6 Å². The molecule has 0 unspecified atom stereocenters. The van der Waals surface area contributed by atoms with Crippen molar-refractivity contribution in [3.8, 4) is 0 Å². The van der Waals surface area contributed by atoms with Gasteiger partial charge in [0.15, 0.2) is 0 Å². The van der Waals surface area contributed by atoms with Crippen molar-refractivity contribution in [3.63, 3.8) is 0 Å². The van der Waals surface area contributed by atoms with Crippen LogP contribution in [0.1, 0.15) is 38.3 Å². The van der Waals surface area contributed by atoms with Gasteiger partial charge in [-0.25, -0.2) is 0 Å². The van der Waals surface area contributed by atoms with E-state index in [1.54, 1.807) is 4.68 Å². The molecule has 0 saturated carbocycles. The molecule has 0 atom stereocenters. The Morgan fingerprint density at radius 3 is 2.86 bits per heavy atom. The number of rotatable bonds is 6. The minimum absolute atomic E-state index is 0.303. The molecule has 1 heterocycles. The predicted octanol–water partition coefficient (Wildman–Crippen LogP) is 2.11. The maximum absolute atomic E-state index is 11.4. The molecule has 0 aliphatic rings. The Morgan fingerprint density at radius 2 is 2.29 bits per heavy atom. The van der Waals surface area contributed by atoms with E-state index in [-0.39, 0.29) is 0 Å². The Balaban J connectivity index is 2.27. The van der Waals surface area contributed by atoms with Crippen LogP contribution in [0.2, 0.25) is 0 Å². The Kier molecular flexibility index (Phi) is 4.36. The third kappa shape index (κ3) is 3.73. The number of ketones is 1. The molecule has 0 bridgehead atoms. The second-order valence-electron chi connectivity index (χ2n) is 3.65. The van der Waals surface area contributed by atoms with Crippen molar-refractivity contribution >= 4 is 5.78 Å². The van der Waals surface area contributed by atoms with Gasteiger partial charge >= 0.3 is 0 Å². The molecule has 0 saturated heterocycles. The van der Waals surface area contributed by atoms with Crippen LogP contribution >= 0.6 is 0 Å². The van der Waals surface area contributed by atoms with Crippen LogP contribution in [-0.2, 0) is 18.3 Å². The van der Waals surface area contributed by atoms with Crippen LogP contribution in [0.3, 0.4) is 0 Å². The normalized spacial score (nSPS) is 10.4. The summed E-state index contributed by atoms with van der Waals surface area (Å²) in [7, 11) is 1.87. The number of aromatic nitrogens is 2. The van der Waals surface area contributed by atoms with Crippen LogP contribution in [0.5, 0.6) is 0 Å². The van der Waals surface area contributed by atoms with Crippen LogP contribution in [0, 0.1) is 0 Å². The minimum Gasteiger partial charge on any atom is -0.299 e. The molecule has 3 nitrogen and oxygen atoms in total. The van der Waals surface area contributed by atoms with Gasteiger partial charge in [0.2, 0.25) is 0 Å². The van der Waals surface area contributed by atoms with E-state index in [0.29, 0.717) is 18.6 Å². The van der Waals surface area contributed by atoms with Crippen LogP contribution in [0.15, 0.2) is 12.3 Å². The average molecular weight is 194 g/mol. The van der Waals surface area contributed by atoms with E-state index in [9.17, 15) is 4.79 Å². The number of hydrogen-bond donors (Lipinski definition) is 0. The highest BCUT2D eigenvalue weighted by Gasteiger charge is 2.05. The molecule has 0 aliphatic heterocycles. The standard InChI is InChI=1S/C11H18N2O/c1-3-4-5-6-11(14)9-10-7-8-13(2)12-10/h7-8H,3-6,9H2,1-2H3. The number of aryl methyl sites for hydroxylation is 1. The number of unbranched alkanes of at least 4 members (excludes halogenated alkanes) is 2. The van der Waals surface area contributed by atoms with Gasteiger partial charge in [-0.15, -0.1) is 0 Å². The van der Waals surface area contributed by atoms with E-state index in [1.807, 2.05) is 19.3 Å². The number of hydrogen-bond acceptors (Lipinski definition) is 2. The van der Waals surface area contributed by atoms with Gasteiger partial charge in [0.1, 0.15) is 5.78 Å². The average Bonchev–Trinajstić information content (AvgIpc) is 2.52. The van der Waals surface area contributed by atoms with E-state index in [4.69, 9.17) is 0 Å². The minimum atomic E-state index is 0.303. The molecule has 1 rings (SSSR count). The highest BCUT2D eigenvalue weighted by molar-refractivity contribution is 5.80. The van der Waals surface area contributed by atoms with E-state index in [0.717, 1.165) is 25.0 Å². The fraction of sp³-hybridized carbons (Fsp3) is 0.636. The zero-order valence-electron chi connectivity index (χ0n) is 8.99. The predicted molar refractivity (Wildman–Crippen MR) is 56.1 cm³/mol. The second-order valence-corrected chi connectivity index (χ2v) is 3.65. The Bertz CT molecular complexity index is 291. The summed E-state index contributed by atoms with van der Waals surface area (Å²) in [5, 5.41) is 4.17.